The summed E-state index contributed by atoms with van der Waals surface area (Å²) in [5.74, 6) is -0.389. The highest BCUT2D eigenvalue weighted by Crippen LogP contribution is 2.26. The van der Waals surface area contributed by atoms with Gasteiger partial charge >= 0.3 is 0 Å². The van der Waals surface area contributed by atoms with Crippen LogP contribution in [0.5, 0.6) is 0 Å². The molecule has 0 aliphatic heterocycles. The lowest BCUT2D eigenvalue weighted by atomic mass is 10.0. The molecule has 2 amide bonds. The van der Waals surface area contributed by atoms with Crippen molar-refractivity contribution in [3.8, 4) is 10.6 Å². The Labute approximate surface area is 158 Å². The first-order chi connectivity index (χ1) is 12.4. The van der Waals surface area contributed by atoms with Gasteiger partial charge in [-0.25, -0.2) is 0 Å². The number of aromatic nitrogens is 2. The van der Waals surface area contributed by atoms with Crippen molar-refractivity contribution in [1.82, 2.24) is 15.5 Å². The van der Waals surface area contributed by atoms with Gasteiger partial charge in [0.15, 0.2) is 0 Å². The maximum Gasteiger partial charge on any atom is 0.249 e. The summed E-state index contributed by atoms with van der Waals surface area (Å²) in [5.41, 5.74) is 2.13. The fourth-order valence-corrected chi connectivity index (χ4v) is 3.14. The Balaban J connectivity index is 2.02. The number of hydrogen-bond donors (Lipinski definition) is 2. The second-order valence-electron chi connectivity index (χ2n) is 6.66. The van der Waals surface area contributed by atoms with Crippen LogP contribution in [0.2, 0.25) is 0 Å². The Morgan fingerprint density at radius 3 is 2.46 bits per heavy atom. The van der Waals surface area contributed by atoms with Crippen LogP contribution in [0.1, 0.15) is 45.6 Å². The van der Waals surface area contributed by atoms with Gasteiger partial charge in [0.25, 0.3) is 0 Å². The molecule has 0 radical (unpaired) electrons. The molecule has 1 aromatic heterocycles. The van der Waals surface area contributed by atoms with Gasteiger partial charge < -0.3 is 5.32 Å². The molecule has 1 atom stereocenters. The molecule has 1 heterocycles. The molecule has 140 valence electrons. The third kappa shape index (κ3) is 5.62. The third-order valence-electron chi connectivity index (χ3n) is 3.98. The molecule has 2 N–H and O–H groups in total. The van der Waals surface area contributed by atoms with Gasteiger partial charge in [0.2, 0.25) is 16.9 Å². The van der Waals surface area contributed by atoms with Gasteiger partial charge in [0.1, 0.15) is 11.0 Å². The largest absolute Gasteiger partial charge is 0.344 e. The van der Waals surface area contributed by atoms with Crippen LogP contribution < -0.4 is 10.6 Å². The Kier molecular flexibility index (Phi) is 7.26. The molecule has 1 aromatic carbocycles. The molecule has 0 spiro atoms. The van der Waals surface area contributed by atoms with Crippen molar-refractivity contribution in [2.75, 3.05) is 5.32 Å². The number of aryl methyl sites for hydroxylation is 1. The third-order valence-corrected chi connectivity index (χ3v) is 4.86. The Morgan fingerprint density at radius 2 is 1.85 bits per heavy atom. The van der Waals surface area contributed by atoms with Gasteiger partial charge in [-0.3, -0.25) is 14.9 Å². The fraction of sp³-hybridized carbons (Fsp3) is 0.474. The second-order valence-corrected chi connectivity index (χ2v) is 7.64. The molecule has 2 aromatic rings. The van der Waals surface area contributed by atoms with Crippen LogP contribution in [0.3, 0.4) is 0 Å². The number of carbonyl (C=O) groups is 2. The minimum absolute atomic E-state index is 0.0231. The van der Waals surface area contributed by atoms with E-state index in [0.717, 1.165) is 23.4 Å². The molecular weight excluding hydrogens is 348 g/mol. The molecule has 0 bridgehead atoms. The molecule has 0 saturated heterocycles. The molecule has 6 nitrogen and oxygen atoms in total. The van der Waals surface area contributed by atoms with Crippen molar-refractivity contribution in [1.29, 1.82) is 0 Å². The topological polar surface area (TPSA) is 84.0 Å². The highest BCUT2D eigenvalue weighted by Gasteiger charge is 2.25. The molecule has 0 fully saturated rings. The average Bonchev–Trinajstić information content (AvgIpc) is 3.06. The number of benzene rings is 1. The van der Waals surface area contributed by atoms with E-state index >= 15 is 0 Å². The van der Waals surface area contributed by atoms with E-state index in [1.807, 2.05) is 52.0 Å². The summed E-state index contributed by atoms with van der Waals surface area (Å²) in [7, 11) is 0. The van der Waals surface area contributed by atoms with Gasteiger partial charge in [-0.2, -0.15) is 0 Å². The summed E-state index contributed by atoms with van der Waals surface area (Å²) in [6.45, 7) is 7.86. The van der Waals surface area contributed by atoms with Crippen LogP contribution in [-0.2, 0) is 9.59 Å². The molecule has 0 unspecified atom stereocenters. The van der Waals surface area contributed by atoms with Crippen molar-refractivity contribution < 1.29 is 9.59 Å². The van der Waals surface area contributed by atoms with Gasteiger partial charge in [-0.05, 0) is 19.3 Å². The number of hydrogen-bond acceptors (Lipinski definition) is 5. The van der Waals surface area contributed by atoms with Gasteiger partial charge in [0, 0.05) is 12.0 Å². The summed E-state index contributed by atoms with van der Waals surface area (Å²) < 4.78 is 0. The van der Waals surface area contributed by atoms with E-state index in [1.54, 1.807) is 0 Å². The summed E-state index contributed by atoms with van der Waals surface area (Å²) in [4.78, 5) is 24.5. The highest BCUT2D eigenvalue weighted by molar-refractivity contribution is 7.18. The fourth-order valence-electron chi connectivity index (χ4n) is 2.39. The molecule has 26 heavy (non-hydrogen) atoms. The molecular formula is C19H26N4O2S. The number of nitrogens with one attached hydrogen (secondary N) is 2. The summed E-state index contributed by atoms with van der Waals surface area (Å²) in [6.07, 6.45) is 2.19. The number of carbonyl (C=O) groups excluding carboxylic acids is 2. The van der Waals surface area contributed by atoms with Gasteiger partial charge in [0.05, 0.1) is 0 Å². The normalized spacial score (nSPS) is 12.0. The number of rotatable bonds is 8. The molecule has 0 saturated carbocycles. The Bertz CT molecular complexity index is 740. The SMILES string of the molecule is CCCCC(=O)N[C@H](C(=O)Nc1nnc(-c2ccc(C)cc2)s1)C(C)C. The number of amides is 2. The zero-order valence-electron chi connectivity index (χ0n) is 15.7. The van der Waals surface area contributed by atoms with Crippen molar-refractivity contribution in [2.24, 2.45) is 5.92 Å². The van der Waals surface area contributed by atoms with E-state index in [1.165, 1.54) is 16.9 Å². The van der Waals surface area contributed by atoms with E-state index in [-0.39, 0.29) is 17.7 Å². The number of anilines is 1. The molecule has 7 heteroatoms. The minimum atomic E-state index is -0.592. The van der Waals surface area contributed by atoms with Crippen LogP contribution in [0, 0.1) is 12.8 Å². The van der Waals surface area contributed by atoms with Crippen LogP contribution >= 0.6 is 11.3 Å². The first kappa shape index (κ1) is 20.0. The van der Waals surface area contributed by atoms with Crippen LogP contribution in [0.4, 0.5) is 5.13 Å². The van der Waals surface area contributed by atoms with E-state index in [4.69, 9.17) is 0 Å². The van der Waals surface area contributed by atoms with E-state index in [0.29, 0.717) is 11.6 Å². The van der Waals surface area contributed by atoms with E-state index < -0.39 is 6.04 Å². The monoisotopic (exact) mass is 374 g/mol. The minimum Gasteiger partial charge on any atom is -0.344 e. The summed E-state index contributed by atoms with van der Waals surface area (Å²) >= 11 is 1.32. The van der Waals surface area contributed by atoms with E-state index in [2.05, 4.69) is 20.8 Å². The van der Waals surface area contributed by atoms with Crippen molar-refractivity contribution in [3.63, 3.8) is 0 Å². The maximum atomic E-state index is 12.6. The zero-order valence-corrected chi connectivity index (χ0v) is 16.5. The predicted molar refractivity (Wildman–Crippen MR) is 105 cm³/mol. The predicted octanol–water partition coefficient (Wildman–Crippen LogP) is 3.78. The number of unbranched alkanes of at least 4 members (excludes halogenated alkanes) is 1. The Hall–Kier alpha value is -2.28. The molecule has 0 aliphatic carbocycles. The van der Waals surface area contributed by atoms with Crippen LogP contribution in [0.25, 0.3) is 10.6 Å². The second kappa shape index (κ2) is 9.43. The lowest BCUT2D eigenvalue weighted by molar-refractivity contribution is -0.127. The first-order valence-electron chi connectivity index (χ1n) is 8.91. The van der Waals surface area contributed by atoms with E-state index in [9.17, 15) is 9.59 Å². The first-order valence-corrected chi connectivity index (χ1v) is 9.73. The standard InChI is InChI=1S/C19H26N4O2S/c1-5-6-7-15(24)20-16(12(2)3)17(25)21-19-23-22-18(26-19)14-10-8-13(4)9-11-14/h8-12,16H,5-7H2,1-4H3,(H,20,24)(H,21,23,25)/t16-/m0/s1. The summed E-state index contributed by atoms with van der Waals surface area (Å²) in [6, 6.07) is 7.38. The maximum absolute atomic E-state index is 12.6. The molecule has 2 rings (SSSR count). The zero-order chi connectivity index (χ0) is 19.1. The summed E-state index contributed by atoms with van der Waals surface area (Å²) in [5, 5.41) is 15.0. The quantitative estimate of drug-likeness (QED) is 0.736. The van der Waals surface area contributed by atoms with Crippen molar-refractivity contribution in [2.45, 2.75) is 53.0 Å². The smallest absolute Gasteiger partial charge is 0.249 e. The highest BCUT2D eigenvalue weighted by atomic mass is 32.1. The molecule has 0 aliphatic rings. The van der Waals surface area contributed by atoms with Crippen LogP contribution in [0.15, 0.2) is 24.3 Å². The number of nitrogens with zero attached hydrogens (tertiary/aromatic N) is 2. The van der Waals surface area contributed by atoms with Gasteiger partial charge in [-0.1, -0.05) is 68.4 Å². The van der Waals surface area contributed by atoms with Crippen LogP contribution in [-0.4, -0.2) is 28.1 Å². The lowest BCUT2D eigenvalue weighted by Gasteiger charge is -2.20. The lowest BCUT2D eigenvalue weighted by Crippen LogP contribution is -2.47. The Morgan fingerprint density at radius 1 is 1.15 bits per heavy atom. The van der Waals surface area contributed by atoms with Crippen molar-refractivity contribution >= 4 is 28.3 Å². The van der Waals surface area contributed by atoms with Crippen molar-refractivity contribution in [3.05, 3.63) is 29.8 Å². The average molecular weight is 375 g/mol. The van der Waals surface area contributed by atoms with Gasteiger partial charge in [-0.15, -0.1) is 10.2 Å².